The Kier molecular flexibility index (Phi) is 8.05. The van der Waals surface area contributed by atoms with Crippen molar-refractivity contribution in [2.75, 3.05) is 40.5 Å². The summed E-state index contributed by atoms with van der Waals surface area (Å²) in [6, 6.07) is 5.34. The van der Waals surface area contributed by atoms with E-state index >= 15 is 0 Å². The van der Waals surface area contributed by atoms with Gasteiger partial charge in [-0.2, -0.15) is 0 Å². The molecule has 19 heavy (non-hydrogen) atoms. The SMILES string of the molecule is COCCCN(CCOC)Cc1cc(O)ccc1Br. The van der Waals surface area contributed by atoms with E-state index < -0.39 is 0 Å². The number of methoxy groups -OCH3 is 2. The summed E-state index contributed by atoms with van der Waals surface area (Å²) in [5.41, 5.74) is 1.08. The van der Waals surface area contributed by atoms with Crippen LogP contribution in [-0.2, 0) is 16.0 Å². The van der Waals surface area contributed by atoms with Crippen molar-refractivity contribution in [2.45, 2.75) is 13.0 Å². The number of aromatic hydroxyl groups is 1. The maximum atomic E-state index is 9.56. The van der Waals surface area contributed by atoms with Crippen LogP contribution in [0.15, 0.2) is 22.7 Å². The van der Waals surface area contributed by atoms with Gasteiger partial charge in [0.15, 0.2) is 0 Å². The molecule has 0 unspecified atom stereocenters. The largest absolute Gasteiger partial charge is 0.508 e. The number of hydrogen-bond donors (Lipinski definition) is 1. The Morgan fingerprint density at radius 2 is 1.89 bits per heavy atom. The van der Waals surface area contributed by atoms with Gasteiger partial charge in [0.25, 0.3) is 0 Å². The van der Waals surface area contributed by atoms with E-state index in [-0.39, 0.29) is 0 Å². The van der Waals surface area contributed by atoms with Crippen molar-refractivity contribution in [3.63, 3.8) is 0 Å². The smallest absolute Gasteiger partial charge is 0.115 e. The zero-order chi connectivity index (χ0) is 14.1. The average molecular weight is 332 g/mol. The minimum atomic E-state index is 0.293. The van der Waals surface area contributed by atoms with Crippen molar-refractivity contribution in [2.24, 2.45) is 0 Å². The molecule has 4 nitrogen and oxygen atoms in total. The molecule has 1 aromatic rings. The summed E-state index contributed by atoms with van der Waals surface area (Å²) in [5, 5.41) is 9.56. The van der Waals surface area contributed by atoms with Gasteiger partial charge >= 0.3 is 0 Å². The highest BCUT2D eigenvalue weighted by Gasteiger charge is 2.09. The van der Waals surface area contributed by atoms with Gasteiger partial charge in [0.2, 0.25) is 0 Å². The van der Waals surface area contributed by atoms with Crippen LogP contribution in [0.4, 0.5) is 0 Å². The van der Waals surface area contributed by atoms with Crippen LogP contribution in [0.2, 0.25) is 0 Å². The van der Waals surface area contributed by atoms with Crippen molar-refractivity contribution in [1.29, 1.82) is 0 Å². The minimum Gasteiger partial charge on any atom is -0.508 e. The van der Waals surface area contributed by atoms with Crippen LogP contribution < -0.4 is 0 Å². The highest BCUT2D eigenvalue weighted by atomic mass is 79.9. The Bertz CT molecular complexity index is 374. The second-order valence-electron chi connectivity index (χ2n) is 4.39. The van der Waals surface area contributed by atoms with Crippen molar-refractivity contribution in [3.8, 4) is 5.75 Å². The number of rotatable bonds is 9. The van der Waals surface area contributed by atoms with E-state index in [0.29, 0.717) is 12.4 Å². The molecule has 5 heteroatoms. The van der Waals surface area contributed by atoms with Gasteiger partial charge in [-0.3, -0.25) is 4.90 Å². The maximum absolute atomic E-state index is 9.56. The van der Waals surface area contributed by atoms with Crippen LogP contribution >= 0.6 is 15.9 Å². The van der Waals surface area contributed by atoms with Crippen LogP contribution in [0, 0.1) is 0 Å². The standard InChI is InChI=1S/C14H22BrNO3/c1-18-8-3-6-16(7-9-19-2)11-12-10-13(17)4-5-14(12)15/h4-5,10,17H,3,6-9,11H2,1-2H3. The average Bonchev–Trinajstić information content (AvgIpc) is 2.40. The molecular weight excluding hydrogens is 310 g/mol. The van der Waals surface area contributed by atoms with Crippen molar-refractivity contribution in [1.82, 2.24) is 4.90 Å². The second kappa shape index (κ2) is 9.31. The molecule has 0 saturated heterocycles. The number of phenolic OH excluding ortho intramolecular Hbond substituents is 1. The van der Waals surface area contributed by atoms with E-state index in [4.69, 9.17) is 9.47 Å². The van der Waals surface area contributed by atoms with Gasteiger partial charge < -0.3 is 14.6 Å². The third kappa shape index (κ3) is 6.38. The molecule has 0 aromatic heterocycles. The van der Waals surface area contributed by atoms with Gasteiger partial charge in [-0.05, 0) is 30.2 Å². The van der Waals surface area contributed by atoms with E-state index in [1.807, 2.05) is 6.07 Å². The lowest BCUT2D eigenvalue weighted by atomic mass is 10.2. The zero-order valence-electron chi connectivity index (χ0n) is 11.6. The fourth-order valence-electron chi connectivity index (χ4n) is 1.85. The Morgan fingerprint density at radius 1 is 1.16 bits per heavy atom. The lowest BCUT2D eigenvalue weighted by molar-refractivity contribution is 0.129. The summed E-state index contributed by atoms with van der Waals surface area (Å²) in [5.74, 6) is 0.293. The summed E-state index contributed by atoms with van der Waals surface area (Å²) >= 11 is 3.52. The third-order valence-corrected chi connectivity index (χ3v) is 3.63. The van der Waals surface area contributed by atoms with E-state index in [9.17, 15) is 5.11 Å². The predicted molar refractivity (Wildman–Crippen MR) is 79.5 cm³/mol. The van der Waals surface area contributed by atoms with Gasteiger partial charge in [0, 0.05) is 44.9 Å². The summed E-state index contributed by atoms with van der Waals surface area (Å²) in [6.45, 7) is 4.04. The molecular formula is C14H22BrNO3. The lowest BCUT2D eigenvalue weighted by Gasteiger charge is -2.22. The molecule has 0 heterocycles. The molecule has 1 N–H and O–H groups in total. The molecule has 0 radical (unpaired) electrons. The Morgan fingerprint density at radius 3 is 2.58 bits per heavy atom. The minimum absolute atomic E-state index is 0.293. The van der Waals surface area contributed by atoms with Gasteiger partial charge in [-0.25, -0.2) is 0 Å². The number of ether oxygens (including phenoxy) is 2. The Balaban J connectivity index is 2.61. The molecule has 0 saturated carbocycles. The van der Waals surface area contributed by atoms with Crippen molar-refractivity contribution < 1.29 is 14.6 Å². The summed E-state index contributed by atoms with van der Waals surface area (Å²) in [4.78, 5) is 2.29. The topological polar surface area (TPSA) is 41.9 Å². The number of hydrogen-bond acceptors (Lipinski definition) is 4. The number of benzene rings is 1. The highest BCUT2D eigenvalue weighted by Crippen LogP contribution is 2.23. The predicted octanol–water partition coefficient (Wildman–Crippen LogP) is 2.64. The van der Waals surface area contributed by atoms with E-state index in [2.05, 4.69) is 20.8 Å². The quantitative estimate of drug-likeness (QED) is 0.706. The molecule has 0 amide bonds. The van der Waals surface area contributed by atoms with Crippen LogP contribution in [0.5, 0.6) is 5.75 Å². The number of phenols is 1. The Hall–Kier alpha value is -0.620. The first-order valence-corrected chi connectivity index (χ1v) is 7.14. The first-order valence-electron chi connectivity index (χ1n) is 6.35. The van der Waals surface area contributed by atoms with Gasteiger partial charge in [-0.1, -0.05) is 15.9 Å². The number of halogens is 1. The molecule has 1 rings (SSSR count). The first-order chi connectivity index (χ1) is 9.17. The van der Waals surface area contributed by atoms with Crippen LogP contribution in [0.3, 0.4) is 0 Å². The monoisotopic (exact) mass is 331 g/mol. The van der Waals surface area contributed by atoms with Gasteiger partial charge in [0.05, 0.1) is 6.61 Å². The summed E-state index contributed by atoms with van der Waals surface area (Å²) in [6.07, 6.45) is 0.983. The summed E-state index contributed by atoms with van der Waals surface area (Å²) < 4.78 is 11.2. The first kappa shape index (κ1) is 16.4. The molecule has 0 aliphatic carbocycles. The lowest BCUT2D eigenvalue weighted by Crippen LogP contribution is -2.28. The van der Waals surface area contributed by atoms with Crippen LogP contribution in [0.25, 0.3) is 0 Å². The molecule has 0 fully saturated rings. The second-order valence-corrected chi connectivity index (χ2v) is 5.25. The third-order valence-electron chi connectivity index (χ3n) is 2.86. The van der Waals surface area contributed by atoms with E-state index in [1.165, 1.54) is 0 Å². The van der Waals surface area contributed by atoms with Gasteiger partial charge in [0.1, 0.15) is 5.75 Å². The molecule has 0 spiro atoms. The van der Waals surface area contributed by atoms with Crippen molar-refractivity contribution >= 4 is 15.9 Å². The maximum Gasteiger partial charge on any atom is 0.115 e. The van der Waals surface area contributed by atoms with Crippen LogP contribution in [-0.4, -0.2) is 50.5 Å². The van der Waals surface area contributed by atoms with Crippen molar-refractivity contribution in [3.05, 3.63) is 28.2 Å². The molecule has 0 atom stereocenters. The molecule has 108 valence electrons. The van der Waals surface area contributed by atoms with E-state index in [0.717, 1.165) is 42.7 Å². The number of nitrogens with zero attached hydrogens (tertiary/aromatic N) is 1. The fraction of sp³-hybridized carbons (Fsp3) is 0.571. The summed E-state index contributed by atoms with van der Waals surface area (Å²) in [7, 11) is 3.42. The van der Waals surface area contributed by atoms with Crippen LogP contribution in [0.1, 0.15) is 12.0 Å². The molecule has 0 bridgehead atoms. The fourth-order valence-corrected chi connectivity index (χ4v) is 2.22. The Labute approximate surface area is 123 Å². The molecule has 1 aromatic carbocycles. The molecule has 0 aliphatic rings. The van der Waals surface area contributed by atoms with E-state index in [1.54, 1.807) is 26.4 Å². The van der Waals surface area contributed by atoms with Gasteiger partial charge in [-0.15, -0.1) is 0 Å². The zero-order valence-corrected chi connectivity index (χ0v) is 13.1. The normalized spacial score (nSPS) is 11.2. The molecule has 0 aliphatic heterocycles. The highest BCUT2D eigenvalue weighted by molar-refractivity contribution is 9.10.